The molecule has 1 saturated heterocycles. The summed E-state index contributed by atoms with van der Waals surface area (Å²) in [5.41, 5.74) is 1.54. The number of rotatable bonds is 7. The Morgan fingerprint density at radius 2 is 2.26 bits per heavy atom. The number of aromatic nitrogens is 2. The summed E-state index contributed by atoms with van der Waals surface area (Å²) in [6.07, 6.45) is 6.16. The first-order valence-electron chi connectivity index (χ1n) is 9.68. The number of hydrogen-bond donors (Lipinski definition) is 0. The van der Waals surface area contributed by atoms with Crippen molar-refractivity contribution in [2.75, 3.05) is 26.7 Å². The lowest BCUT2D eigenvalue weighted by molar-refractivity contribution is 0.0724. The standard InChI is InChI=1S/C20H26N4O2S/c1-23-9-3-5-16(12-23)14-26-18-6-2-4-15(10-18)13-24(17-7-8-17)20(25)19-11-21-27-22-19/h2,4,6,10-11,16-17H,3,5,7-9,12-14H2,1H3. The maximum atomic E-state index is 12.7. The maximum absolute atomic E-state index is 12.7. The van der Waals surface area contributed by atoms with E-state index >= 15 is 0 Å². The molecule has 1 atom stereocenters. The smallest absolute Gasteiger partial charge is 0.275 e. The first-order valence-corrected chi connectivity index (χ1v) is 10.4. The summed E-state index contributed by atoms with van der Waals surface area (Å²) >= 11 is 1.08. The van der Waals surface area contributed by atoms with Crippen molar-refractivity contribution in [1.29, 1.82) is 0 Å². The minimum absolute atomic E-state index is 0.0252. The fourth-order valence-corrected chi connectivity index (χ4v) is 4.12. The van der Waals surface area contributed by atoms with Crippen molar-refractivity contribution in [3.63, 3.8) is 0 Å². The molecule has 1 unspecified atom stereocenters. The van der Waals surface area contributed by atoms with E-state index in [0.29, 0.717) is 24.2 Å². The van der Waals surface area contributed by atoms with Crippen LogP contribution in [0.1, 0.15) is 41.7 Å². The first kappa shape index (κ1) is 18.4. The molecular formula is C20H26N4O2S. The van der Waals surface area contributed by atoms with E-state index in [1.54, 1.807) is 6.20 Å². The molecule has 144 valence electrons. The highest BCUT2D eigenvalue weighted by Crippen LogP contribution is 2.30. The van der Waals surface area contributed by atoms with Crippen LogP contribution in [0.4, 0.5) is 0 Å². The molecular weight excluding hydrogens is 360 g/mol. The Morgan fingerprint density at radius 1 is 1.37 bits per heavy atom. The van der Waals surface area contributed by atoms with Crippen molar-refractivity contribution in [1.82, 2.24) is 18.5 Å². The van der Waals surface area contributed by atoms with Gasteiger partial charge in [0.15, 0.2) is 5.69 Å². The molecule has 4 rings (SSSR count). The molecule has 0 bridgehead atoms. The van der Waals surface area contributed by atoms with Gasteiger partial charge in [-0.1, -0.05) is 12.1 Å². The van der Waals surface area contributed by atoms with E-state index < -0.39 is 0 Å². The summed E-state index contributed by atoms with van der Waals surface area (Å²) in [6.45, 7) is 3.63. The Morgan fingerprint density at radius 3 is 3.00 bits per heavy atom. The molecule has 1 aliphatic carbocycles. The molecule has 2 aromatic rings. The van der Waals surface area contributed by atoms with E-state index in [4.69, 9.17) is 4.74 Å². The molecule has 1 amide bonds. The Hall–Kier alpha value is -1.99. The molecule has 1 aromatic heterocycles. The Labute approximate surface area is 164 Å². The number of benzene rings is 1. The molecule has 6 nitrogen and oxygen atoms in total. The number of carbonyl (C=O) groups is 1. The SMILES string of the molecule is CN1CCCC(COc2cccc(CN(C(=O)c3cnsn3)C3CC3)c2)C1. The third kappa shape index (κ3) is 4.84. The van der Waals surface area contributed by atoms with Gasteiger partial charge in [0, 0.05) is 25.0 Å². The van der Waals surface area contributed by atoms with Crippen molar-refractivity contribution in [2.45, 2.75) is 38.3 Å². The van der Waals surface area contributed by atoms with Gasteiger partial charge >= 0.3 is 0 Å². The molecule has 1 aromatic carbocycles. The minimum Gasteiger partial charge on any atom is -0.493 e. The van der Waals surface area contributed by atoms with Gasteiger partial charge in [0.1, 0.15) is 5.75 Å². The molecule has 7 heteroatoms. The van der Waals surface area contributed by atoms with Crippen LogP contribution in [0.2, 0.25) is 0 Å². The fraction of sp³-hybridized carbons (Fsp3) is 0.550. The zero-order valence-electron chi connectivity index (χ0n) is 15.7. The molecule has 0 radical (unpaired) electrons. The van der Waals surface area contributed by atoms with Gasteiger partial charge in [0.05, 0.1) is 24.5 Å². The zero-order valence-corrected chi connectivity index (χ0v) is 16.5. The van der Waals surface area contributed by atoms with Crippen molar-refractivity contribution in [3.05, 3.63) is 41.7 Å². The van der Waals surface area contributed by atoms with Crippen molar-refractivity contribution < 1.29 is 9.53 Å². The van der Waals surface area contributed by atoms with E-state index in [-0.39, 0.29) is 5.91 Å². The van der Waals surface area contributed by atoms with Crippen LogP contribution in [0, 0.1) is 5.92 Å². The lowest BCUT2D eigenvalue weighted by Crippen LogP contribution is -2.34. The van der Waals surface area contributed by atoms with Crippen LogP contribution < -0.4 is 4.74 Å². The van der Waals surface area contributed by atoms with Crippen LogP contribution in [-0.2, 0) is 6.54 Å². The van der Waals surface area contributed by atoms with Gasteiger partial charge in [-0.3, -0.25) is 4.79 Å². The predicted octanol–water partition coefficient (Wildman–Crippen LogP) is 3.06. The summed E-state index contributed by atoms with van der Waals surface area (Å²) in [7, 11) is 2.17. The lowest BCUT2D eigenvalue weighted by Gasteiger charge is -2.29. The van der Waals surface area contributed by atoms with Gasteiger partial charge in [0.25, 0.3) is 5.91 Å². The molecule has 27 heavy (non-hydrogen) atoms. The second-order valence-electron chi connectivity index (χ2n) is 7.69. The highest BCUT2D eigenvalue weighted by Gasteiger charge is 2.34. The van der Waals surface area contributed by atoms with Crippen molar-refractivity contribution in [3.8, 4) is 5.75 Å². The van der Waals surface area contributed by atoms with E-state index in [1.807, 2.05) is 17.0 Å². The summed E-state index contributed by atoms with van der Waals surface area (Å²) in [4.78, 5) is 17.0. The topological polar surface area (TPSA) is 58.6 Å². The predicted molar refractivity (Wildman–Crippen MR) is 105 cm³/mol. The van der Waals surface area contributed by atoms with E-state index in [2.05, 4.69) is 32.8 Å². The van der Waals surface area contributed by atoms with Crippen LogP contribution in [0.5, 0.6) is 5.75 Å². The van der Waals surface area contributed by atoms with Gasteiger partial charge < -0.3 is 14.5 Å². The van der Waals surface area contributed by atoms with Gasteiger partial charge in [-0.2, -0.15) is 8.75 Å². The normalized spacial score (nSPS) is 20.4. The zero-order chi connectivity index (χ0) is 18.6. The number of carbonyl (C=O) groups excluding carboxylic acids is 1. The van der Waals surface area contributed by atoms with Crippen molar-refractivity contribution in [2.24, 2.45) is 5.92 Å². The number of hydrogen-bond acceptors (Lipinski definition) is 6. The van der Waals surface area contributed by atoms with Gasteiger partial charge in [-0.15, -0.1) is 0 Å². The largest absolute Gasteiger partial charge is 0.493 e. The number of likely N-dealkylation sites (tertiary alicyclic amines) is 1. The van der Waals surface area contributed by atoms with Crippen LogP contribution >= 0.6 is 11.7 Å². The first-order chi connectivity index (χ1) is 13.2. The number of ether oxygens (including phenoxy) is 1. The molecule has 2 aliphatic rings. The summed E-state index contributed by atoms with van der Waals surface area (Å²) in [5, 5.41) is 0. The summed E-state index contributed by atoms with van der Waals surface area (Å²) < 4.78 is 14.1. The second kappa shape index (κ2) is 8.35. The second-order valence-corrected chi connectivity index (χ2v) is 8.24. The molecule has 1 saturated carbocycles. The van der Waals surface area contributed by atoms with E-state index in [9.17, 15) is 4.79 Å². The summed E-state index contributed by atoms with van der Waals surface area (Å²) in [6, 6.07) is 8.46. The summed E-state index contributed by atoms with van der Waals surface area (Å²) in [5.74, 6) is 1.45. The van der Waals surface area contributed by atoms with Crippen LogP contribution in [0.25, 0.3) is 0 Å². The third-order valence-electron chi connectivity index (χ3n) is 5.29. The maximum Gasteiger partial charge on any atom is 0.275 e. The third-order valence-corrected chi connectivity index (χ3v) is 5.77. The quantitative estimate of drug-likeness (QED) is 0.732. The minimum atomic E-state index is -0.0252. The Kier molecular flexibility index (Phi) is 5.69. The molecule has 2 heterocycles. The van der Waals surface area contributed by atoms with Gasteiger partial charge in [0.2, 0.25) is 0 Å². The van der Waals surface area contributed by atoms with E-state index in [1.165, 1.54) is 19.4 Å². The Balaban J connectivity index is 1.38. The molecule has 2 fully saturated rings. The van der Waals surface area contributed by atoms with E-state index in [0.717, 1.165) is 49.0 Å². The number of piperidine rings is 1. The molecule has 0 spiro atoms. The number of nitrogens with zero attached hydrogens (tertiary/aromatic N) is 4. The molecule has 1 aliphatic heterocycles. The fourth-order valence-electron chi connectivity index (χ4n) is 3.71. The van der Waals surface area contributed by atoms with Crippen LogP contribution in [0.15, 0.2) is 30.5 Å². The average Bonchev–Trinajstić information content (AvgIpc) is 3.37. The monoisotopic (exact) mass is 386 g/mol. The van der Waals surface area contributed by atoms with Crippen LogP contribution in [-0.4, -0.2) is 57.2 Å². The lowest BCUT2D eigenvalue weighted by atomic mass is 9.99. The average molecular weight is 387 g/mol. The number of amides is 1. The Bertz CT molecular complexity index is 763. The highest BCUT2D eigenvalue weighted by atomic mass is 32.1. The van der Waals surface area contributed by atoms with Crippen molar-refractivity contribution >= 4 is 17.6 Å². The van der Waals surface area contributed by atoms with Gasteiger partial charge in [-0.25, -0.2) is 0 Å². The van der Waals surface area contributed by atoms with Crippen LogP contribution in [0.3, 0.4) is 0 Å². The van der Waals surface area contributed by atoms with Gasteiger partial charge in [-0.05, 0) is 57.0 Å². The molecule has 0 N–H and O–H groups in total. The highest BCUT2D eigenvalue weighted by molar-refractivity contribution is 6.99.